The van der Waals surface area contributed by atoms with Gasteiger partial charge in [0.25, 0.3) is 0 Å². The second kappa shape index (κ2) is 8.00. The molecule has 1 aliphatic rings. The summed E-state index contributed by atoms with van der Waals surface area (Å²) in [5, 5.41) is 2.80. The number of thiazole rings is 1. The van der Waals surface area contributed by atoms with Crippen molar-refractivity contribution in [3.63, 3.8) is 0 Å². The minimum Gasteiger partial charge on any atom is -0.341 e. The Balaban J connectivity index is 1.60. The van der Waals surface area contributed by atoms with E-state index in [1.807, 2.05) is 36.1 Å². The fourth-order valence-corrected chi connectivity index (χ4v) is 4.50. The molecule has 2 aromatic heterocycles. The van der Waals surface area contributed by atoms with Gasteiger partial charge in [-0.05, 0) is 18.6 Å². The van der Waals surface area contributed by atoms with Crippen LogP contribution in [0.1, 0.15) is 25.5 Å². The van der Waals surface area contributed by atoms with Gasteiger partial charge in [0.05, 0.1) is 11.4 Å². The van der Waals surface area contributed by atoms with Crippen LogP contribution in [0.5, 0.6) is 0 Å². The van der Waals surface area contributed by atoms with Crippen molar-refractivity contribution >= 4 is 33.8 Å². The molecule has 27 heavy (non-hydrogen) atoms. The third-order valence-electron chi connectivity index (χ3n) is 5.10. The fourth-order valence-electron chi connectivity index (χ4n) is 3.64. The average molecular weight is 403 g/mol. The minimum atomic E-state index is 0.253. The van der Waals surface area contributed by atoms with E-state index in [1.165, 1.54) is 5.69 Å². The first-order valence-electron chi connectivity index (χ1n) is 9.36. The van der Waals surface area contributed by atoms with Crippen LogP contribution in [-0.2, 0) is 11.3 Å². The van der Waals surface area contributed by atoms with Crippen LogP contribution in [0.3, 0.4) is 0 Å². The molecular weight excluding hydrogens is 380 g/mol. The quantitative estimate of drug-likeness (QED) is 0.657. The van der Waals surface area contributed by atoms with Crippen LogP contribution in [0.2, 0.25) is 5.02 Å². The standard InChI is InChI=1S/C20H23ClN4OS/c1-2-18(26)24-9-3-8-23(10-11-24)14-17-19(15-4-6-16(21)7-5-15)22-20-25(17)12-13-27-20/h4-7,12-13H,2-3,8-11,14H2,1H3. The Morgan fingerprint density at radius 2 is 2.00 bits per heavy atom. The summed E-state index contributed by atoms with van der Waals surface area (Å²) in [6.45, 7) is 6.29. The molecule has 1 amide bonds. The highest BCUT2D eigenvalue weighted by Crippen LogP contribution is 2.29. The van der Waals surface area contributed by atoms with E-state index in [2.05, 4.69) is 20.9 Å². The number of amides is 1. The third kappa shape index (κ3) is 3.88. The van der Waals surface area contributed by atoms with Crippen LogP contribution in [0.15, 0.2) is 35.8 Å². The zero-order valence-electron chi connectivity index (χ0n) is 15.4. The number of nitrogens with zero attached hydrogens (tertiary/aromatic N) is 4. The maximum absolute atomic E-state index is 12.0. The number of hydrogen-bond acceptors (Lipinski definition) is 4. The highest BCUT2D eigenvalue weighted by molar-refractivity contribution is 7.15. The minimum absolute atomic E-state index is 0.253. The molecule has 0 atom stereocenters. The summed E-state index contributed by atoms with van der Waals surface area (Å²) in [4.78, 5) is 22.3. The number of carbonyl (C=O) groups is 1. The number of aromatic nitrogens is 2. The van der Waals surface area contributed by atoms with Crippen LogP contribution < -0.4 is 0 Å². The Morgan fingerprint density at radius 3 is 2.78 bits per heavy atom. The Hall–Kier alpha value is -1.89. The summed E-state index contributed by atoms with van der Waals surface area (Å²) >= 11 is 7.71. The zero-order valence-corrected chi connectivity index (χ0v) is 17.0. The molecule has 1 aliphatic heterocycles. The molecule has 0 aliphatic carbocycles. The largest absolute Gasteiger partial charge is 0.341 e. The van der Waals surface area contributed by atoms with Crippen molar-refractivity contribution < 1.29 is 4.79 Å². The molecular formula is C20H23ClN4OS. The highest BCUT2D eigenvalue weighted by atomic mass is 35.5. The molecule has 0 bridgehead atoms. The van der Waals surface area contributed by atoms with Crippen molar-refractivity contribution in [2.45, 2.75) is 26.3 Å². The number of halogens is 1. The molecule has 0 unspecified atom stereocenters. The van der Waals surface area contributed by atoms with Crippen molar-refractivity contribution in [3.05, 3.63) is 46.6 Å². The van der Waals surface area contributed by atoms with E-state index < -0.39 is 0 Å². The van der Waals surface area contributed by atoms with Gasteiger partial charge >= 0.3 is 0 Å². The second-order valence-corrected chi connectivity index (χ2v) is 8.14. The zero-order chi connectivity index (χ0) is 18.8. The van der Waals surface area contributed by atoms with Crippen molar-refractivity contribution in [3.8, 4) is 11.3 Å². The predicted octanol–water partition coefficient (Wildman–Crippen LogP) is 4.16. The van der Waals surface area contributed by atoms with Crippen LogP contribution in [0, 0.1) is 0 Å². The number of carbonyl (C=O) groups excluding carboxylic acids is 1. The molecule has 1 saturated heterocycles. The number of rotatable bonds is 4. The lowest BCUT2D eigenvalue weighted by Gasteiger charge is -2.22. The molecule has 1 aromatic carbocycles. The molecule has 142 valence electrons. The van der Waals surface area contributed by atoms with Crippen molar-refractivity contribution in [1.82, 2.24) is 19.2 Å². The lowest BCUT2D eigenvalue weighted by Crippen LogP contribution is -2.34. The predicted molar refractivity (Wildman–Crippen MR) is 110 cm³/mol. The molecule has 0 saturated carbocycles. The van der Waals surface area contributed by atoms with Crippen LogP contribution in [-0.4, -0.2) is 51.3 Å². The maximum Gasteiger partial charge on any atom is 0.222 e. The number of imidazole rings is 1. The molecule has 3 heterocycles. The third-order valence-corrected chi connectivity index (χ3v) is 6.10. The molecule has 4 rings (SSSR count). The second-order valence-electron chi connectivity index (χ2n) is 6.83. The van der Waals surface area contributed by atoms with E-state index >= 15 is 0 Å². The van der Waals surface area contributed by atoms with E-state index in [4.69, 9.17) is 16.6 Å². The van der Waals surface area contributed by atoms with Gasteiger partial charge in [-0.3, -0.25) is 14.1 Å². The van der Waals surface area contributed by atoms with Crippen LogP contribution in [0.25, 0.3) is 16.2 Å². The Kier molecular flexibility index (Phi) is 5.48. The van der Waals surface area contributed by atoms with Gasteiger partial charge in [-0.15, -0.1) is 11.3 Å². The summed E-state index contributed by atoms with van der Waals surface area (Å²) in [5.74, 6) is 0.253. The normalized spacial score (nSPS) is 16.0. The first kappa shape index (κ1) is 18.5. The first-order valence-corrected chi connectivity index (χ1v) is 10.6. The highest BCUT2D eigenvalue weighted by Gasteiger charge is 2.21. The van der Waals surface area contributed by atoms with Gasteiger partial charge in [-0.25, -0.2) is 4.98 Å². The monoisotopic (exact) mass is 402 g/mol. The van der Waals surface area contributed by atoms with Gasteiger partial charge in [-0.1, -0.05) is 30.7 Å². The summed E-state index contributed by atoms with van der Waals surface area (Å²) in [5.41, 5.74) is 3.30. The maximum atomic E-state index is 12.0. The van der Waals surface area contributed by atoms with E-state index in [0.717, 1.165) is 60.4 Å². The summed E-state index contributed by atoms with van der Waals surface area (Å²) in [6.07, 6.45) is 3.68. The topological polar surface area (TPSA) is 40.9 Å². The van der Waals surface area contributed by atoms with Gasteiger partial charge < -0.3 is 4.90 Å². The molecule has 1 fully saturated rings. The Bertz CT molecular complexity index is 933. The molecule has 0 spiro atoms. The average Bonchev–Trinajstić information content (AvgIpc) is 3.18. The first-order chi connectivity index (χ1) is 13.2. The van der Waals surface area contributed by atoms with Gasteiger partial charge in [0.1, 0.15) is 0 Å². The summed E-state index contributed by atoms with van der Waals surface area (Å²) in [7, 11) is 0. The molecule has 0 radical (unpaired) electrons. The van der Waals surface area contributed by atoms with Crippen molar-refractivity contribution in [2.24, 2.45) is 0 Å². The molecule has 0 N–H and O–H groups in total. The SMILES string of the molecule is CCC(=O)N1CCCN(Cc2c(-c3ccc(Cl)cc3)nc3sccn23)CC1. The van der Waals surface area contributed by atoms with E-state index in [-0.39, 0.29) is 5.91 Å². The molecule has 5 nitrogen and oxygen atoms in total. The molecule has 3 aromatic rings. The lowest BCUT2D eigenvalue weighted by atomic mass is 10.1. The lowest BCUT2D eigenvalue weighted by molar-refractivity contribution is -0.130. The smallest absolute Gasteiger partial charge is 0.222 e. The Labute approximate surface area is 168 Å². The molecule has 7 heteroatoms. The Morgan fingerprint density at radius 1 is 1.19 bits per heavy atom. The van der Waals surface area contributed by atoms with E-state index in [9.17, 15) is 4.79 Å². The van der Waals surface area contributed by atoms with Crippen LogP contribution >= 0.6 is 22.9 Å². The summed E-state index contributed by atoms with van der Waals surface area (Å²) in [6, 6.07) is 7.88. The summed E-state index contributed by atoms with van der Waals surface area (Å²) < 4.78 is 2.19. The van der Waals surface area contributed by atoms with Gasteiger partial charge in [0.15, 0.2) is 4.96 Å². The number of benzene rings is 1. The van der Waals surface area contributed by atoms with Crippen molar-refractivity contribution in [2.75, 3.05) is 26.2 Å². The van der Waals surface area contributed by atoms with Gasteiger partial charge in [0, 0.05) is 61.3 Å². The van der Waals surface area contributed by atoms with Gasteiger partial charge in [0.2, 0.25) is 5.91 Å². The van der Waals surface area contributed by atoms with E-state index in [1.54, 1.807) is 11.3 Å². The number of hydrogen-bond donors (Lipinski definition) is 0. The van der Waals surface area contributed by atoms with E-state index in [0.29, 0.717) is 6.42 Å². The fraction of sp³-hybridized carbons (Fsp3) is 0.400. The van der Waals surface area contributed by atoms with Gasteiger partial charge in [-0.2, -0.15) is 0 Å². The van der Waals surface area contributed by atoms with Crippen molar-refractivity contribution in [1.29, 1.82) is 0 Å². The number of fused-ring (bicyclic) bond motifs is 1. The van der Waals surface area contributed by atoms with Crippen LogP contribution in [0.4, 0.5) is 0 Å².